The number of rotatable bonds is 2. The number of hydrogen-bond acceptors (Lipinski definition) is 4. The standard InChI is InChI=1S/C15H20ClNO3/c16-13-10(18)8-11-14(20-7-6-19-11)12(13)15(9-17)4-2-1-3-5-15/h8,18H,1-7,9,17H2. The molecule has 1 aromatic carbocycles. The molecule has 1 heterocycles. The zero-order chi connectivity index (χ0) is 14.2. The van der Waals surface area contributed by atoms with Crippen molar-refractivity contribution < 1.29 is 14.6 Å². The molecule has 0 bridgehead atoms. The summed E-state index contributed by atoms with van der Waals surface area (Å²) in [5.74, 6) is 1.29. The SMILES string of the molecule is NCC1(c2c(Cl)c(O)cc3c2OCCO3)CCCCC1. The first kappa shape index (κ1) is 13.8. The van der Waals surface area contributed by atoms with Crippen LogP contribution in [0.15, 0.2) is 6.07 Å². The van der Waals surface area contributed by atoms with Crippen molar-refractivity contribution in [1.82, 2.24) is 0 Å². The van der Waals surface area contributed by atoms with Gasteiger partial charge in [-0.15, -0.1) is 0 Å². The smallest absolute Gasteiger partial charge is 0.166 e. The second-order valence-electron chi connectivity index (χ2n) is 5.65. The van der Waals surface area contributed by atoms with E-state index in [0.29, 0.717) is 36.3 Å². The third kappa shape index (κ3) is 2.11. The highest BCUT2D eigenvalue weighted by Gasteiger charge is 2.39. The van der Waals surface area contributed by atoms with Crippen molar-refractivity contribution in [3.63, 3.8) is 0 Å². The summed E-state index contributed by atoms with van der Waals surface area (Å²) in [6.07, 6.45) is 5.42. The van der Waals surface area contributed by atoms with Gasteiger partial charge in [0.1, 0.15) is 19.0 Å². The topological polar surface area (TPSA) is 64.7 Å². The highest BCUT2D eigenvalue weighted by Crippen LogP contribution is 2.52. The summed E-state index contributed by atoms with van der Waals surface area (Å²) in [6.45, 7) is 1.50. The second kappa shape index (κ2) is 5.34. The molecule has 2 aliphatic rings. The average molecular weight is 298 g/mol. The van der Waals surface area contributed by atoms with Gasteiger partial charge in [0, 0.05) is 23.6 Å². The molecule has 20 heavy (non-hydrogen) atoms. The van der Waals surface area contributed by atoms with Crippen molar-refractivity contribution in [3.05, 3.63) is 16.7 Å². The highest BCUT2D eigenvalue weighted by atomic mass is 35.5. The molecule has 0 unspecified atom stereocenters. The molecule has 3 rings (SSSR count). The summed E-state index contributed by atoms with van der Waals surface area (Å²) in [6, 6.07) is 1.54. The van der Waals surface area contributed by atoms with Crippen LogP contribution in [0.3, 0.4) is 0 Å². The van der Waals surface area contributed by atoms with Gasteiger partial charge >= 0.3 is 0 Å². The van der Waals surface area contributed by atoms with Crippen molar-refractivity contribution in [2.45, 2.75) is 37.5 Å². The highest BCUT2D eigenvalue weighted by molar-refractivity contribution is 6.33. The van der Waals surface area contributed by atoms with E-state index >= 15 is 0 Å². The van der Waals surface area contributed by atoms with E-state index in [4.69, 9.17) is 26.8 Å². The van der Waals surface area contributed by atoms with E-state index in [-0.39, 0.29) is 11.2 Å². The Bertz CT molecular complexity index is 512. The van der Waals surface area contributed by atoms with Crippen LogP contribution in [0, 0.1) is 0 Å². The van der Waals surface area contributed by atoms with Crippen LogP contribution < -0.4 is 15.2 Å². The number of phenolic OH excluding ortho intramolecular Hbond substituents is 1. The minimum absolute atomic E-state index is 0.0457. The van der Waals surface area contributed by atoms with Gasteiger partial charge in [-0.3, -0.25) is 0 Å². The van der Waals surface area contributed by atoms with Crippen LogP contribution in [0.2, 0.25) is 5.02 Å². The van der Waals surface area contributed by atoms with Gasteiger partial charge in [0.2, 0.25) is 0 Å². The number of ether oxygens (including phenoxy) is 2. The first-order valence-electron chi connectivity index (χ1n) is 7.19. The lowest BCUT2D eigenvalue weighted by atomic mass is 9.69. The minimum Gasteiger partial charge on any atom is -0.506 e. The molecule has 1 aliphatic heterocycles. The van der Waals surface area contributed by atoms with Crippen LogP contribution in [-0.4, -0.2) is 24.9 Å². The van der Waals surface area contributed by atoms with Crippen LogP contribution in [0.5, 0.6) is 17.2 Å². The third-order valence-corrected chi connectivity index (χ3v) is 4.86. The zero-order valence-electron chi connectivity index (χ0n) is 11.5. The number of nitrogens with two attached hydrogens (primary N) is 1. The Kier molecular flexibility index (Phi) is 3.69. The monoisotopic (exact) mass is 297 g/mol. The summed E-state index contributed by atoms with van der Waals surface area (Å²) >= 11 is 6.39. The van der Waals surface area contributed by atoms with Gasteiger partial charge < -0.3 is 20.3 Å². The fourth-order valence-electron chi connectivity index (χ4n) is 3.41. The van der Waals surface area contributed by atoms with Gasteiger partial charge in [-0.25, -0.2) is 0 Å². The molecule has 1 saturated carbocycles. The van der Waals surface area contributed by atoms with E-state index in [9.17, 15) is 5.11 Å². The van der Waals surface area contributed by atoms with Crippen molar-refractivity contribution in [1.29, 1.82) is 0 Å². The molecule has 1 aliphatic carbocycles. The number of hydrogen-bond donors (Lipinski definition) is 2. The predicted molar refractivity (Wildman–Crippen MR) is 77.9 cm³/mol. The summed E-state index contributed by atoms with van der Waals surface area (Å²) in [7, 11) is 0. The van der Waals surface area contributed by atoms with E-state index in [1.165, 1.54) is 12.5 Å². The normalized spacial score (nSPS) is 20.7. The number of aromatic hydroxyl groups is 1. The minimum atomic E-state index is -0.209. The van der Waals surface area contributed by atoms with Gasteiger partial charge in [0.25, 0.3) is 0 Å². The average Bonchev–Trinajstić information content (AvgIpc) is 2.49. The maximum atomic E-state index is 10.1. The lowest BCUT2D eigenvalue weighted by Crippen LogP contribution is -2.38. The molecule has 3 N–H and O–H groups in total. The van der Waals surface area contributed by atoms with Crippen LogP contribution >= 0.6 is 11.6 Å². The predicted octanol–water partition coefficient (Wildman–Crippen LogP) is 2.98. The lowest BCUT2D eigenvalue weighted by Gasteiger charge is -2.39. The molecule has 0 saturated heterocycles. The van der Waals surface area contributed by atoms with Crippen LogP contribution in [-0.2, 0) is 5.41 Å². The molecule has 110 valence electrons. The molecule has 1 aromatic rings. The molecule has 4 nitrogen and oxygen atoms in total. The maximum absolute atomic E-state index is 10.1. The lowest BCUT2D eigenvalue weighted by molar-refractivity contribution is 0.163. The van der Waals surface area contributed by atoms with E-state index in [1.54, 1.807) is 0 Å². The Labute approximate surface area is 123 Å². The van der Waals surface area contributed by atoms with Gasteiger partial charge in [0.05, 0.1) is 5.02 Å². The maximum Gasteiger partial charge on any atom is 0.166 e. The summed E-state index contributed by atoms with van der Waals surface area (Å²) in [4.78, 5) is 0. The second-order valence-corrected chi connectivity index (χ2v) is 6.03. The van der Waals surface area contributed by atoms with E-state index in [2.05, 4.69) is 0 Å². The van der Waals surface area contributed by atoms with Gasteiger partial charge in [0.15, 0.2) is 11.5 Å². The molecule has 0 amide bonds. The van der Waals surface area contributed by atoms with Crippen LogP contribution in [0.1, 0.15) is 37.7 Å². The summed E-state index contributed by atoms with van der Waals surface area (Å²) in [5.41, 5.74) is 6.72. The largest absolute Gasteiger partial charge is 0.506 e. The van der Waals surface area contributed by atoms with Crippen molar-refractivity contribution in [2.75, 3.05) is 19.8 Å². The summed E-state index contributed by atoms with van der Waals surface area (Å²) < 4.78 is 11.4. The Balaban J connectivity index is 2.17. The summed E-state index contributed by atoms with van der Waals surface area (Å²) in [5, 5.41) is 10.5. The van der Waals surface area contributed by atoms with Crippen molar-refractivity contribution in [2.24, 2.45) is 5.73 Å². The first-order valence-corrected chi connectivity index (χ1v) is 7.57. The fourth-order valence-corrected chi connectivity index (χ4v) is 3.75. The van der Waals surface area contributed by atoms with Gasteiger partial charge in [-0.1, -0.05) is 30.9 Å². The van der Waals surface area contributed by atoms with Gasteiger partial charge in [-0.05, 0) is 12.8 Å². The fraction of sp³-hybridized carbons (Fsp3) is 0.600. The van der Waals surface area contributed by atoms with Crippen LogP contribution in [0.25, 0.3) is 0 Å². The number of phenols is 1. The molecule has 1 fully saturated rings. The Morgan fingerprint density at radius 3 is 2.60 bits per heavy atom. The quantitative estimate of drug-likeness (QED) is 0.881. The van der Waals surface area contributed by atoms with E-state index in [1.807, 2.05) is 0 Å². The van der Waals surface area contributed by atoms with Gasteiger partial charge in [-0.2, -0.15) is 0 Å². The number of halogens is 1. The molecule has 0 spiro atoms. The Morgan fingerprint density at radius 1 is 1.20 bits per heavy atom. The Morgan fingerprint density at radius 2 is 1.90 bits per heavy atom. The zero-order valence-corrected chi connectivity index (χ0v) is 12.2. The molecular formula is C15H20ClNO3. The van der Waals surface area contributed by atoms with Crippen LogP contribution in [0.4, 0.5) is 0 Å². The third-order valence-electron chi connectivity index (χ3n) is 4.48. The van der Waals surface area contributed by atoms with E-state index in [0.717, 1.165) is 31.2 Å². The molecular weight excluding hydrogens is 278 g/mol. The number of fused-ring (bicyclic) bond motifs is 1. The molecule has 0 aromatic heterocycles. The molecule has 0 radical (unpaired) electrons. The van der Waals surface area contributed by atoms with Crippen molar-refractivity contribution in [3.8, 4) is 17.2 Å². The van der Waals surface area contributed by atoms with E-state index < -0.39 is 0 Å². The first-order chi connectivity index (χ1) is 9.68. The number of benzene rings is 1. The van der Waals surface area contributed by atoms with Crippen molar-refractivity contribution >= 4 is 11.6 Å². The molecule has 5 heteroatoms. The molecule has 0 atom stereocenters. The Hall–Kier alpha value is -1.13.